The van der Waals surface area contributed by atoms with Gasteiger partial charge in [-0.1, -0.05) is 6.42 Å². The highest BCUT2D eigenvalue weighted by Gasteiger charge is 2.17. The molecule has 5 heteroatoms. The van der Waals surface area contributed by atoms with Gasteiger partial charge in [0.2, 0.25) is 5.65 Å². The molecule has 2 aromatic heterocycles. The minimum atomic E-state index is 0.525. The maximum Gasteiger partial charge on any atom is 0.203 e. The number of hydrogen-bond donors (Lipinski definition) is 1. The van der Waals surface area contributed by atoms with E-state index in [9.17, 15) is 0 Å². The number of hydrogen-bond acceptors (Lipinski definition) is 4. The molecule has 1 unspecified atom stereocenters. The summed E-state index contributed by atoms with van der Waals surface area (Å²) in [6.07, 6.45) is 6.73. The van der Waals surface area contributed by atoms with Gasteiger partial charge in [0.1, 0.15) is 5.82 Å². The van der Waals surface area contributed by atoms with Crippen molar-refractivity contribution in [3.8, 4) is 5.75 Å². The van der Waals surface area contributed by atoms with Gasteiger partial charge >= 0.3 is 0 Å². The third-order valence-corrected chi connectivity index (χ3v) is 3.53. The van der Waals surface area contributed by atoms with E-state index in [4.69, 9.17) is 4.74 Å². The van der Waals surface area contributed by atoms with Gasteiger partial charge < -0.3 is 10.1 Å². The van der Waals surface area contributed by atoms with Gasteiger partial charge in [-0.15, -0.1) is 10.2 Å². The van der Waals surface area contributed by atoms with E-state index in [2.05, 4.69) is 15.5 Å². The third-order valence-electron chi connectivity index (χ3n) is 3.53. The molecule has 0 spiro atoms. The van der Waals surface area contributed by atoms with E-state index in [1.54, 1.807) is 7.11 Å². The van der Waals surface area contributed by atoms with E-state index in [0.29, 0.717) is 6.04 Å². The minimum Gasteiger partial charge on any atom is -0.493 e. The lowest BCUT2D eigenvalue weighted by atomic mass is 10.0. The first-order chi connectivity index (χ1) is 8.88. The minimum absolute atomic E-state index is 0.525. The Morgan fingerprint density at radius 1 is 1.44 bits per heavy atom. The molecule has 1 aliphatic heterocycles. The predicted molar refractivity (Wildman–Crippen MR) is 68.9 cm³/mol. The van der Waals surface area contributed by atoms with Crippen LogP contribution in [0.3, 0.4) is 0 Å². The van der Waals surface area contributed by atoms with Crippen LogP contribution in [0.25, 0.3) is 5.65 Å². The Bertz CT molecular complexity index is 531. The molecule has 0 radical (unpaired) electrons. The van der Waals surface area contributed by atoms with Crippen LogP contribution in [0.4, 0.5) is 0 Å². The Kier molecular flexibility index (Phi) is 3.15. The standard InChI is InChI=1S/C13H18N4O/c1-18-11-6-4-8-17-12(15-16-13(11)17)9-10-5-2-3-7-14-10/h4,6,8,10,14H,2-3,5,7,9H2,1H3. The first-order valence-electron chi connectivity index (χ1n) is 6.48. The fraction of sp³-hybridized carbons (Fsp3) is 0.538. The summed E-state index contributed by atoms with van der Waals surface area (Å²) in [5, 5.41) is 12.0. The molecule has 3 heterocycles. The predicted octanol–water partition coefficient (Wildman–Crippen LogP) is 1.42. The summed E-state index contributed by atoms with van der Waals surface area (Å²) in [4.78, 5) is 0. The van der Waals surface area contributed by atoms with Gasteiger partial charge in [-0.2, -0.15) is 0 Å². The Labute approximate surface area is 106 Å². The first-order valence-corrected chi connectivity index (χ1v) is 6.48. The Morgan fingerprint density at radius 3 is 3.17 bits per heavy atom. The van der Waals surface area contributed by atoms with Crippen molar-refractivity contribution in [1.82, 2.24) is 19.9 Å². The van der Waals surface area contributed by atoms with Crippen molar-refractivity contribution < 1.29 is 4.74 Å². The molecule has 1 N–H and O–H groups in total. The van der Waals surface area contributed by atoms with Crippen LogP contribution in [0.5, 0.6) is 5.75 Å². The van der Waals surface area contributed by atoms with Gasteiger partial charge in [-0.05, 0) is 31.5 Å². The summed E-state index contributed by atoms with van der Waals surface area (Å²) in [5.41, 5.74) is 0.797. The van der Waals surface area contributed by atoms with Crippen LogP contribution in [-0.2, 0) is 6.42 Å². The topological polar surface area (TPSA) is 51.5 Å². The molecule has 0 saturated carbocycles. The number of ether oxygens (including phenoxy) is 1. The smallest absolute Gasteiger partial charge is 0.203 e. The molecule has 18 heavy (non-hydrogen) atoms. The number of piperidine rings is 1. The SMILES string of the molecule is COc1cccn2c(CC3CCCCN3)nnc12. The average Bonchev–Trinajstić information content (AvgIpc) is 2.83. The van der Waals surface area contributed by atoms with Crippen LogP contribution in [-0.4, -0.2) is 34.3 Å². The van der Waals surface area contributed by atoms with Gasteiger partial charge in [0.25, 0.3) is 0 Å². The second-order valence-corrected chi connectivity index (χ2v) is 4.74. The normalized spacial score (nSPS) is 20.2. The number of nitrogens with one attached hydrogen (secondary N) is 1. The van der Waals surface area contributed by atoms with Gasteiger partial charge in [-0.3, -0.25) is 4.40 Å². The molecule has 1 fully saturated rings. The molecular weight excluding hydrogens is 228 g/mol. The zero-order chi connectivity index (χ0) is 12.4. The molecule has 0 bridgehead atoms. The third kappa shape index (κ3) is 2.06. The van der Waals surface area contributed by atoms with E-state index >= 15 is 0 Å². The van der Waals surface area contributed by atoms with Crippen LogP contribution < -0.4 is 10.1 Å². The number of methoxy groups -OCH3 is 1. The monoisotopic (exact) mass is 246 g/mol. The van der Waals surface area contributed by atoms with Crippen LogP contribution in [0.1, 0.15) is 25.1 Å². The van der Waals surface area contributed by atoms with Crippen LogP contribution in [0.2, 0.25) is 0 Å². The zero-order valence-electron chi connectivity index (χ0n) is 10.6. The molecule has 2 aromatic rings. The largest absolute Gasteiger partial charge is 0.493 e. The van der Waals surface area contributed by atoms with Gasteiger partial charge in [0.15, 0.2) is 5.75 Å². The molecule has 96 valence electrons. The summed E-state index contributed by atoms with van der Waals surface area (Å²) in [6, 6.07) is 4.40. The van der Waals surface area contributed by atoms with Gasteiger partial charge in [-0.25, -0.2) is 0 Å². The Balaban J connectivity index is 1.88. The van der Waals surface area contributed by atoms with Crippen LogP contribution in [0.15, 0.2) is 18.3 Å². The molecule has 1 aliphatic rings. The second-order valence-electron chi connectivity index (χ2n) is 4.74. The molecular formula is C13H18N4O. The Morgan fingerprint density at radius 2 is 2.39 bits per heavy atom. The van der Waals surface area contributed by atoms with E-state index in [0.717, 1.165) is 30.2 Å². The zero-order valence-corrected chi connectivity index (χ0v) is 10.6. The summed E-state index contributed by atoms with van der Waals surface area (Å²) in [7, 11) is 1.66. The number of fused-ring (bicyclic) bond motifs is 1. The summed E-state index contributed by atoms with van der Waals surface area (Å²) >= 11 is 0. The first kappa shape index (κ1) is 11.5. The lowest BCUT2D eigenvalue weighted by Crippen LogP contribution is -2.36. The molecule has 3 rings (SSSR count). The average molecular weight is 246 g/mol. The maximum absolute atomic E-state index is 5.29. The van der Waals surface area contributed by atoms with E-state index in [-0.39, 0.29) is 0 Å². The molecule has 0 aromatic carbocycles. The number of rotatable bonds is 3. The molecule has 1 saturated heterocycles. The van der Waals surface area contributed by atoms with Gasteiger partial charge in [0.05, 0.1) is 7.11 Å². The van der Waals surface area contributed by atoms with Crippen molar-refractivity contribution >= 4 is 5.65 Å². The molecule has 1 atom stereocenters. The molecule has 0 amide bonds. The van der Waals surface area contributed by atoms with E-state index in [1.165, 1.54) is 19.3 Å². The van der Waals surface area contributed by atoms with E-state index < -0.39 is 0 Å². The summed E-state index contributed by atoms with van der Waals surface area (Å²) in [5.74, 6) is 1.77. The van der Waals surface area contributed by atoms with Crippen molar-refractivity contribution in [2.45, 2.75) is 31.7 Å². The Hall–Kier alpha value is -1.62. The van der Waals surface area contributed by atoms with Crippen molar-refractivity contribution in [2.75, 3.05) is 13.7 Å². The highest BCUT2D eigenvalue weighted by molar-refractivity contribution is 5.53. The fourth-order valence-electron chi connectivity index (χ4n) is 2.56. The number of pyridine rings is 1. The van der Waals surface area contributed by atoms with Crippen molar-refractivity contribution in [2.24, 2.45) is 0 Å². The molecule has 5 nitrogen and oxygen atoms in total. The van der Waals surface area contributed by atoms with E-state index in [1.807, 2.05) is 22.7 Å². The molecule has 0 aliphatic carbocycles. The lowest BCUT2D eigenvalue weighted by molar-refractivity contribution is 0.393. The van der Waals surface area contributed by atoms with Crippen molar-refractivity contribution in [3.05, 3.63) is 24.2 Å². The lowest BCUT2D eigenvalue weighted by Gasteiger charge is -2.22. The van der Waals surface area contributed by atoms with Crippen molar-refractivity contribution in [1.29, 1.82) is 0 Å². The van der Waals surface area contributed by atoms with Crippen molar-refractivity contribution in [3.63, 3.8) is 0 Å². The van der Waals surface area contributed by atoms with Gasteiger partial charge in [0, 0.05) is 18.7 Å². The summed E-state index contributed by atoms with van der Waals surface area (Å²) < 4.78 is 7.31. The fourth-order valence-corrected chi connectivity index (χ4v) is 2.56. The maximum atomic E-state index is 5.29. The van der Waals surface area contributed by atoms with Crippen LogP contribution >= 0.6 is 0 Å². The number of aromatic nitrogens is 3. The summed E-state index contributed by atoms with van der Waals surface area (Å²) in [6.45, 7) is 1.12. The quantitative estimate of drug-likeness (QED) is 0.890. The number of nitrogens with zero attached hydrogens (tertiary/aromatic N) is 3. The second kappa shape index (κ2) is 4.94. The highest BCUT2D eigenvalue weighted by Crippen LogP contribution is 2.19. The highest BCUT2D eigenvalue weighted by atomic mass is 16.5. The van der Waals surface area contributed by atoms with Crippen LogP contribution in [0, 0.1) is 0 Å².